The van der Waals surface area contributed by atoms with E-state index < -0.39 is 0 Å². The number of hydrogen-bond acceptors (Lipinski definition) is 4. The third kappa shape index (κ3) is 3.61. The first kappa shape index (κ1) is 17.4. The van der Waals surface area contributed by atoms with Crippen LogP contribution < -0.4 is 5.32 Å². The van der Waals surface area contributed by atoms with Crippen molar-refractivity contribution in [2.75, 3.05) is 26.7 Å². The van der Waals surface area contributed by atoms with Gasteiger partial charge in [-0.3, -0.25) is 9.78 Å². The summed E-state index contributed by atoms with van der Waals surface area (Å²) in [5.74, 6) is 0.541. The van der Waals surface area contributed by atoms with E-state index in [0.29, 0.717) is 17.2 Å². The second-order valence-electron chi connectivity index (χ2n) is 6.88. The quantitative estimate of drug-likeness (QED) is 0.759. The fourth-order valence-electron chi connectivity index (χ4n) is 3.60. The minimum absolute atomic E-state index is 0.0367. The van der Waals surface area contributed by atoms with Crippen LogP contribution in [0.3, 0.4) is 0 Å². The van der Waals surface area contributed by atoms with Gasteiger partial charge in [-0.25, -0.2) is 4.68 Å². The van der Waals surface area contributed by atoms with Gasteiger partial charge in [-0.2, -0.15) is 5.10 Å². The van der Waals surface area contributed by atoms with E-state index in [2.05, 4.69) is 10.3 Å². The SMILES string of the molecule is CNCC1CCN(C(=O)c2cn(-c3ccccc3)nc2-c2cccnc2)C1. The van der Waals surface area contributed by atoms with Crippen molar-refractivity contribution in [2.24, 2.45) is 5.92 Å². The van der Waals surface area contributed by atoms with Gasteiger partial charge < -0.3 is 10.2 Å². The lowest BCUT2D eigenvalue weighted by Crippen LogP contribution is -2.30. The number of likely N-dealkylation sites (tertiary alicyclic amines) is 1. The third-order valence-electron chi connectivity index (χ3n) is 4.97. The Morgan fingerprint density at radius 1 is 1.22 bits per heavy atom. The Hall–Kier alpha value is -2.99. The van der Waals surface area contributed by atoms with Crippen molar-refractivity contribution in [1.82, 2.24) is 25.0 Å². The highest BCUT2D eigenvalue weighted by Gasteiger charge is 2.29. The van der Waals surface area contributed by atoms with Gasteiger partial charge in [-0.05, 0) is 50.2 Å². The van der Waals surface area contributed by atoms with Gasteiger partial charge in [-0.15, -0.1) is 0 Å². The standard InChI is InChI=1S/C21H23N5O/c1-22-12-16-9-11-25(14-16)21(27)19-15-26(18-7-3-2-4-8-18)24-20(19)17-6-5-10-23-13-17/h2-8,10,13,15-16,22H,9,11-12,14H2,1H3. The molecule has 6 nitrogen and oxygen atoms in total. The Balaban J connectivity index is 1.70. The summed E-state index contributed by atoms with van der Waals surface area (Å²) in [6, 6.07) is 13.7. The van der Waals surface area contributed by atoms with Crippen LogP contribution >= 0.6 is 0 Å². The Bertz CT molecular complexity index is 907. The monoisotopic (exact) mass is 361 g/mol. The molecule has 0 bridgehead atoms. The predicted molar refractivity (Wildman–Crippen MR) is 105 cm³/mol. The number of carbonyl (C=O) groups excluding carboxylic acids is 1. The number of nitrogens with one attached hydrogen (secondary N) is 1. The molecule has 3 heterocycles. The highest BCUT2D eigenvalue weighted by atomic mass is 16.2. The van der Waals surface area contributed by atoms with Crippen molar-refractivity contribution in [1.29, 1.82) is 0 Å². The molecule has 0 saturated carbocycles. The molecule has 27 heavy (non-hydrogen) atoms. The first-order chi connectivity index (χ1) is 13.3. The average Bonchev–Trinajstić information content (AvgIpc) is 3.37. The number of benzene rings is 1. The maximum absolute atomic E-state index is 13.3. The van der Waals surface area contributed by atoms with Crippen molar-refractivity contribution in [3.05, 3.63) is 66.6 Å². The summed E-state index contributed by atoms with van der Waals surface area (Å²) in [7, 11) is 1.95. The van der Waals surface area contributed by atoms with Gasteiger partial charge in [0.1, 0.15) is 5.69 Å². The van der Waals surface area contributed by atoms with E-state index in [-0.39, 0.29) is 5.91 Å². The van der Waals surface area contributed by atoms with Gasteiger partial charge in [0.15, 0.2) is 0 Å². The van der Waals surface area contributed by atoms with Gasteiger partial charge in [-0.1, -0.05) is 18.2 Å². The Morgan fingerprint density at radius 3 is 2.81 bits per heavy atom. The lowest BCUT2D eigenvalue weighted by molar-refractivity contribution is 0.0788. The number of pyridine rings is 1. The largest absolute Gasteiger partial charge is 0.338 e. The van der Waals surface area contributed by atoms with E-state index in [1.54, 1.807) is 17.1 Å². The normalized spacial score (nSPS) is 16.6. The Labute approximate surface area is 158 Å². The van der Waals surface area contributed by atoms with Gasteiger partial charge in [0, 0.05) is 37.2 Å². The van der Waals surface area contributed by atoms with Crippen LogP contribution in [-0.4, -0.2) is 52.3 Å². The number of amides is 1. The molecular formula is C21H23N5O. The molecule has 6 heteroatoms. The molecule has 0 aliphatic carbocycles. The van der Waals surface area contributed by atoms with E-state index >= 15 is 0 Å². The van der Waals surface area contributed by atoms with Crippen LogP contribution in [0, 0.1) is 5.92 Å². The molecule has 1 amide bonds. The zero-order chi connectivity index (χ0) is 18.6. The van der Waals surface area contributed by atoms with Crippen molar-refractivity contribution in [3.63, 3.8) is 0 Å². The fourth-order valence-corrected chi connectivity index (χ4v) is 3.60. The van der Waals surface area contributed by atoms with Crippen LogP contribution in [0.1, 0.15) is 16.8 Å². The fraction of sp³-hybridized carbons (Fsp3) is 0.286. The molecule has 1 aromatic carbocycles. The molecule has 1 atom stereocenters. The summed E-state index contributed by atoms with van der Waals surface area (Å²) in [4.78, 5) is 19.4. The second kappa shape index (κ2) is 7.72. The molecule has 1 aliphatic rings. The number of para-hydroxylation sites is 1. The summed E-state index contributed by atoms with van der Waals surface area (Å²) < 4.78 is 1.77. The number of nitrogens with zero attached hydrogens (tertiary/aromatic N) is 4. The smallest absolute Gasteiger partial charge is 0.257 e. The van der Waals surface area contributed by atoms with Crippen LogP contribution in [0.25, 0.3) is 16.9 Å². The lowest BCUT2D eigenvalue weighted by atomic mass is 10.1. The van der Waals surface area contributed by atoms with E-state index in [1.165, 1.54) is 0 Å². The highest BCUT2D eigenvalue weighted by Crippen LogP contribution is 2.26. The minimum atomic E-state index is 0.0367. The van der Waals surface area contributed by atoms with E-state index in [0.717, 1.165) is 37.3 Å². The first-order valence-electron chi connectivity index (χ1n) is 9.25. The van der Waals surface area contributed by atoms with Crippen molar-refractivity contribution >= 4 is 5.91 Å². The minimum Gasteiger partial charge on any atom is -0.338 e. The molecule has 138 valence electrons. The van der Waals surface area contributed by atoms with Crippen LogP contribution in [0.5, 0.6) is 0 Å². The molecule has 1 unspecified atom stereocenters. The average molecular weight is 361 g/mol. The molecule has 1 fully saturated rings. The van der Waals surface area contributed by atoms with Crippen molar-refractivity contribution < 1.29 is 4.79 Å². The van der Waals surface area contributed by atoms with Crippen molar-refractivity contribution in [3.8, 4) is 16.9 Å². The molecule has 1 N–H and O–H groups in total. The number of hydrogen-bond donors (Lipinski definition) is 1. The van der Waals surface area contributed by atoms with Gasteiger partial charge >= 0.3 is 0 Å². The molecular weight excluding hydrogens is 338 g/mol. The maximum atomic E-state index is 13.3. The first-order valence-corrected chi connectivity index (χ1v) is 9.25. The van der Waals surface area contributed by atoms with Crippen LogP contribution in [0.4, 0.5) is 0 Å². The summed E-state index contributed by atoms with van der Waals surface area (Å²) in [6.45, 7) is 2.50. The summed E-state index contributed by atoms with van der Waals surface area (Å²) in [6.07, 6.45) is 6.34. The molecule has 4 rings (SSSR count). The summed E-state index contributed by atoms with van der Waals surface area (Å²) in [5, 5.41) is 7.92. The molecule has 0 radical (unpaired) electrons. The summed E-state index contributed by atoms with van der Waals surface area (Å²) in [5.41, 5.74) is 3.07. The molecule has 0 spiro atoms. The van der Waals surface area contributed by atoms with Crippen molar-refractivity contribution in [2.45, 2.75) is 6.42 Å². The van der Waals surface area contributed by atoms with Gasteiger partial charge in [0.05, 0.1) is 11.3 Å². The van der Waals surface area contributed by atoms with Crippen LogP contribution in [-0.2, 0) is 0 Å². The number of aromatic nitrogens is 3. The zero-order valence-electron chi connectivity index (χ0n) is 15.4. The molecule has 3 aromatic rings. The second-order valence-corrected chi connectivity index (χ2v) is 6.88. The van der Waals surface area contributed by atoms with E-state index in [4.69, 9.17) is 5.10 Å². The topological polar surface area (TPSA) is 63.1 Å². The lowest BCUT2D eigenvalue weighted by Gasteiger charge is -2.16. The van der Waals surface area contributed by atoms with E-state index in [9.17, 15) is 4.79 Å². The Kier molecular flexibility index (Phi) is 4.98. The molecule has 1 aliphatic heterocycles. The predicted octanol–water partition coefficient (Wildman–Crippen LogP) is 2.62. The third-order valence-corrected chi connectivity index (χ3v) is 4.97. The summed E-state index contributed by atoms with van der Waals surface area (Å²) >= 11 is 0. The van der Waals surface area contributed by atoms with Crippen LogP contribution in [0.15, 0.2) is 61.1 Å². The molecule has 2 aromatic heterocycles. The zero-order valence-corrected chi connectivity index (χ0v) is 15.4. The molecule has 1 saturated heterocycles. The number of carbonyl (C=O) groups is 1. The van der Waals surface area contributed by atoms with Gasteiger partial charge in [0.2, 0.25) is 0 Å². The highest BCUT2D eigenvalue weighted by molar-refractivity contribution is 6.00. The van der Waals surface area contributed by atoms with E-state index in [1.807, 2.05) is 60.6 Å². The number of rotatable bonds is 5. The van der Waals surface area contributed by atoms with Gasteiger partial charge in [0.25, 0.3) is 5.91 Å². The van der Waals surface area contributed by atoms with Crippen LogP contribution in [0.2, 0.25) is 0 Å². The Morgan fingerprint density at radius 2 is 2.07 bits per heavy atom. The maximum Gasteiger partial charge on any atom is 0.257 e.